The molecular formula is C40H24N6S2. The molecule has 0 unspecified atom stereocenters. The standard InChI is InChI=1S/C40H24N6S2/c1-5-15-25(16-6-1)31-33(27-19-9-3-10-20-27)37-39(43-45-47-37)41-35(31)29-23-13-14-24-30(29)36-32(26-17-7-2-8-18-26)34(28-21-11-4-12-22-28)38-40(42-36)44-46-48-38/h1-24H. The van der Waals surface area contributed by atoms with Gasteiger partial charge in [-0.15, -0.1) is 10.2 Å². The normalized spacial score (nSPS) is 11.3. The number of nitrogens with zero attached hydrogens (tertiary/aromatic N) is 6. The zero-order valence-electron chi connectivity index (χ0n) is 25.4. The molecule has 0 N–H and O–H groups in total. The molecule has 6 nitrogen and oxygen atoms in total. The van der Waals surface area contributed by atoms with Crippen LogP contribution >= 0.6 is 23.1 Å². The van der Waals surface area contributed by atoms with E-state index in [1.54, 1.807) is 0 Å². The van der Waals surface area contributed by atoms with E-state index in [-0.39, 0.29) is 0 Å². The molecule has 9 aromatic rings. The third-order valence-electron chi connectivity index (χ3n) is 8.49. The molecule has 0 aliphatic heterocycles. The SMILES string of the molecule is c1ccc(-c2c(-c3ccccc3-c3nc4nnsc4c(-c4ccccc4)c3-c3ccccc3)nc3nnsc3c2-c2ccccc2)cc1. The monoisotopic (exact) mass is 652 g/mol. The highest BCUT2D eigenvalue weighted by Crippen LogP contribution is 2.49. The van der Waals surface area contributed by atoms with Crippen LogP contribution in [0, 0.1) is 0 Å². The zero-order valence-corrected chi connectivity index (χ0v) is 27.0. The highest BCUT2D eigenvalue weighted by atomic mass is 32.1. The predicted octanol–water partition coefficient (Wildman–Crippen LogP) is 10.5. The molecule has 226 valence electrons. The Balaban J connectivity index is 1.42. The lowest BCUT2D eigenvalue weighted by molar-refractivity contribution is 1.16. The van der Waals surface area contributed by atoms with E-state index in [0.29, 0.717) is 11.3 Å². The summed E-state index contributed by atoms with van der Waals surface area (Å²) in [4.78, 5) is 10.5. The van der Waals surface area contributed by atoms with Crippen molar-refractivity contribution < 1.29 is 0 Å². The summed E-state index contributed by atoms with van der Waals surface area (Å²) in [5.74, 6) is 0. The van der Waals surface area contributed by atoms with E-state index in [9.17, 15) is 0 Å². The molecular weight excluding hydrogens is 629 g/mol. The van der Waals surface area contributed by atoms with E-state index < -0.39 is 0 Å². The van der Waals surface area contributed by atoms with Crippen molar-refractivity contribution in [3.05, 3.63) is 146 Å². The van der Waals surface area contributed by atoms with Gasteiger partial charge in [0.05, 0.1) is 11.4 Å². The van der Waals surface area contributed by atoms with Gasteiger partial charge in [-0.05, 0) is 45.3 Å². The Morgan fingerprint density at radius 1 is 0.333 bits per heavy atom. The largest absolute Gasteiger partial charge is 0.225 e. The van der Waals surface area contributed by atoms with Crippen molar-refractivity contribution in [2.24, 2.45) is 0 Å². The summed E-state index contributed by atoms with van der Waals surface area (Å²) in [6.45, 7) is 0. The van der Waals surface area contributed by atoms with Gasteiger partial charge in [0.2, 0.25) is 0 Å². The van der Waals surface area contributed by atoms with Gasteiger partial charge < -0.3 is 0 Å². The Hall–Kier alpha value is -5.96. The average molecular weight is 653 g/mol. The van der Waals surface area contributed by atoms with Crippen LogP contribution in [0.15, 0.2) is 146 Å². The maximum atomic E-state index is 5.27. The highest BCUT2D eigenvalue weighted by molar-refractivity contribution is 7.14. The summed E-state index contributed by atoms with van der Waals surface area (Å²) in [5, 5.41) is 9.01. The quantitative estimate of drug-likeness (QED) is 0.178. The van der Waals surface area contributed by atoms with Crippen LogP contribution in [0.3, 0.4) is 0 Å². The van der Waals surface area contributed by atoms with Crippen molar-refractivity contribution in [1.82, 2.24) is 29.1 Å². The summed E-state index contributed by atoms with van der Waals surface area (Å²) in [6, 6.07) is 50.2. The van der Waals surface area contributed by atoms with Crippen LogP contribution in [-0.4, -0.2) is 29.1 Å². The summed E-state index contributed by atoms with van der Waals surface area (Å²) in [6.07, 6.45) is 0. The molecule has 0 saturated carbocycles. The topological polar surface area (TPSA) is 77.3 Å². The van der Waals surface area contributed by atoms with Gasteiger partial charge >= 0.3 is 0 Å². The van der Waals surface area contributed by atoms with E-state index in [1.165, 1.54) is 23.1 Å². The molecule has 0 fully saturated rings. The van der Waals surface area contributed by atoms with Gasteiger partial charge in [0, 0.05) is 33.4 Å². The van der Waals surface area contributed by atoms with Crippen LogP contribution in [-0.2, 0) is 0 Å². The maximum absolute atomic E-state index is 5.27. The Bertz CT molecular complexity index is 2370. The number of pyridine rings is 2. The smallest absolute Gasteiger partial charge is 0.195 e. The van der Waals surface area contributed by atoms with Gasteiger partial charge in [0.25, 0.3) is 0 Å². The van der Waals surface area contributed by atoms with E-state index in [1.807, 2.05) is 24.3 Å². The predicted molar refractivity (Wildman–Crippen MR) is 197 cm³/mol. The van der Waals surface area contributed by atoms with Gasteiger partial charge in [-0.2, -0.15) is 0 Å². The zero-order chi connectivity index (χ0) is 31.9. The van der Waals surface area contributed by atoms with Crippen LogP contribution in [0.5, 0.6) is 0 Å². The van der Waals surface area contributed by atoms with Gasteiger partial charge in [-0.25, -0.2) is 9.97 Å². The van der Waals surface area contributed by atoms with Crippen molar-refractivity contribution in [3.8, 4) is 67.0 Å². The molecule has 0 radical (unpaired) electrons. The number of benzene rings is 5. The summed E-state index contributed by atoms with van der Waals surface area (Å²) in [7, 11) is 0. The fourth-order valence-corrected chi connectivity index (χ4v) is 7.80. The number of hydrogen-bond acceptors (Lipinski definition) is 8. The number of hydrogen-bond donors (Lipinski definition) is 0. The van der Waals surface area contributed by atoms with Crippen LogP contribution < -0.4 is 0 Å². The lowest BCUT2D eigenvalue weighted by Gasteiger charge is -2.20. The first kappa shape index (κ1) is 28.3. The fraction of sp³-hybridized carbons (Fsp3) is 0. The second-order valence-electron chi connectivity index (χ2n) is 11.3. The molecule has 0 spiro atoms. The molecule has 4 aromatic heterocycles. The van der Waals surface area contributed by atoms with Crippen molar-refractivity contribution >= 4 is 43.8 Å². The van der Waals surface area contributed by atoms with Crippen LogP contribution in [0.25, 0.3) is 87.7 Å². The lowest BCUT2D eigenvalue weighted by atomic mass is 9.86. The first-order chi connectivity index (χ1) is 23.8. The summed E-state index contributed by atoms with van der Waals surface area (Å²) >= 11 is 2.75. The van der Waals surface area contributed by atoms with Crippen molar-refractivity contribution in [3.63, 3.8) is 0 Å². The second kappa shape index (κ2) is 12.0. The van der Waals surface area contributed by atoms with Crippen molar-refractivity contribution in [2.75, 3.05) is 0 Å². The Kier molecular flexibility index (Phi) is 7.07. The maximum Gasteiger partial charge on any atom is 0.195 e. The minimum Gasteiger partial charge on any atom is -0.225 e. The van der Waals surface area contributed by atoms with Crippen LogP contribution in [0.2, 0.25) is 0 Å². The molecule has 9 rings (SSSR count). The number of fused-ring (bicyclic) bond motifs is 2. The summed E-state index contributed by atoms with van der Waals surface area (Å²) in [5.41, 5.74) is 13.2. The van der Waals surface area contributed by atoms with Crippen LogP contribution in [0.1, 0.15) is 0 Å². The Labute approximate surface area is 284 Å². The van der Waals surface area contributed by atoms with E-state index >= 15 is 0 Å². The van der Waals surface area contributed by atoms with Crippen molar-refractivity contribution in [1.29, 1.82) is 0 Å². The Morgan fingerprint density at radius 3 is 1.00 bits per heavy atom. The average Bonchev–Trinajstić information content (AvgIpc) is 3.84. The molecule has 0 aliphatic rings. The molecule has 48 heavy (non-hydrogen) atoms. The molecule has 0 aliphatic carbocycles. The molecule has 0 bridgehead atoms. The number of rotatable bonds is 6. The van der Waals surface area contributed by atoms with Gasteiger partial charge in [0.1, 0.15) is 9.40 Å². The minimum atomic E-state index is 0.615. The van der Waals surface area contributed by atoms with Gasteiger partial charge in [-0.3, -0.25) is 0 Å². The highest BCUT2D eigenvalue weighted by Gasteiger charge is 2.27. The molecule has 8 heteroatoms. The van der Waals surface area contributed by atoms with Crippen molar-refractivity contribution in [2.45, 2.75) is 0 Å². The summed E-state index contributed by atoms with van der Waals surface area (Å²) < 4.78 is 10.6. The number of aromatic nitrogens is 6. The van der Waals surface area contributed by atoms with E-state index in [2.05, 4.69) is 141 Å². The van der Waals surface area contributed by atoms with Crippen LogP contribution in [0.4, 0.5) is 0 Å². The van der Waals surface area contributed by atoms with Gasteiger partial charge in [-0.1, -0.05) is 155 Å². The minimum absolute atomic E-state index is 0.615. The van der Waals surface area contributed by atoms with E-state index in [0.717, 1.165) is 76.4 Å². The molecule has 0 amide bonds. The molecule has 0 saturated heterocycles. The van der Waals surface area contributed by atoms with Gasteiger partial charge in [0.15, 0.2) is 11.3 Å². The Morgan fingerprint density at radius 2 is 0.646 bits per heavy atom. The molecule has 5 aromatic carbocycles. The third kappa shape index (κ3) is 4.78. The molecule has 4 heterocycles. The first-order valence-corrected chi connectivity index (χ1v) is 17.0. The fourth-order valence-electron chi connectivity index (χ4n) is 6.44. The lowest BCUT2D eigenvalue weighted by Crippen LogP contribution is -2.00. The van der Waals surface area contributed by atoms with E-state index in [4.69, 9.17) is 9.97 Å². The third-order valence-corrected chi connectivity index (χ3v) is 9.96. The molecule has 0 atom stereocenters. The first-order valence-electron chi connectivity index (χ1n) is 15.5. The second-order valence-corrected chi connectivity index (χ2v) is 12.8.